The number of carboxylic acid groups (broad SMARTS) is 2. The molecule has 0 saturated carbocycles. The monoisotopic (exact) mass is 290 g/mol. The molecule has 110 valence electrons. The van der Waals surface area contributed by atoms with Crippen molar-refractivity contribution in [3.05, 3.63) is 30.5 Å². The van der Waals surface area contributed by atoms with Crippen molar-refractivity contribution in [2.24, 2.45) is 0 Å². The van der Waals surface area contributed by atoms with Crippen LogP contribution in [-0.4, -0.2) is 40.3 Å². The quantitative estimate of drug-likeness (QED) is 0.741. The van der Waals surface area contributed by atoms with E-state index in [-0.39, 0.29) is 0 Å². The van der Waals surface area contributed by atoms with Crippen molar-refractivity contribution in [3.8, 4) is 5.75 Å². The van der Waals surface area contributed by atoms with Crippen LogP contribution in [0.2, 0.25) is 0 Å². The van der Waals surface area contributed by atoms with E-state index in [4.69, 9.17) is 14.9 Å². The summed E-state index contributed by atoms with van der Waals surface area (Å²) < 4.78 is 5.13. The van der Waals surface area contributed by atoms with E-state index in [1.807, 2.05) is 6.07 Å². The number of aliphatic carboxylic acids is 2. The predicted molar refractivity (Wildman–Crippen MR) is 75.6 cm³/mol. The zero-order chi connectivity index (χ0) is 15.4. The summed E-state index contributed by atoms with van der Waals surface area (Å²) in [5, 5.41) is 22.0. The first-order valence-electron chi connectivity index (χ1n) is 6.15. The summed E-state index contributed by atoms with van der Waals surface area (Å²) in [5.41, 5.74) is 0. The van der Waals surface area contributed by atoms with Crippen LogP contribution in [0.1, 0.15) is 6.42 Å². The number of aromatic nitrogens is 1. The summed E-state index contributed by atoms with van der Waals surface area (Å²) in [5.74, 6) is -1.55. The number of carboxylic acids is 2. The lowest BCUT2D eigenvalue weighted by atomic mass is 10.1. The zero-order valence-corrected chi connectivity index (χ0v) is 11.2. The number of ether oxygens (including phenoxy) is 1. The number of nitrogens with one attached hydrogen (secondary N) is 1. The van der Waals surface area contributed by atoms with E-state index in [1.54, 1.807) is 18.2 Å². The molecule has 1 aromatic carbocycles. The Kier molecular flexibility index (Phi) is 4.22. The van der Waals surface area contributed by atoms with Crippen LogP contribution in [0.15, 0.2) is 30.5 Å². The van der Waals surface area contributed by atoms with Gasteiger partial charge in [-0.1, -0.05) is 6.07 Å². The highest BCUT2D eigenvalue weighted by Gasteiger charge is 2.22. The Labute approximate surface area is 120 Å². The van der Waals surface area contributed by atoms with Crippen LogP contribution in [0.5, 0.6) is 5.75 Å². The number of hydrogen-bond acceptors (Lipinski definition) is 5. The second-order valence-corrected chi connectivity index (χ2v) is 4.38. The van der Waals surface area contributed by atoms with Crippen molar-refractivity contribution in [1.82, 2.24) is 4.98 Å². The van der Waals surface area contributed by atoms with Crippen LogP contribution in [0.4, 0.5) is 5.82 Å². The van der Waals surface area contributed by atoms with E-state index < -0.39 is 24.4 Å². The molecule has 7 heteroatoms. The Morgan fingerprint density at radius 3 is 2.71 bits per heavy atom. The molecule has 0 aliphatic rings. The largest absolute Gasteiger partial charge is 0.497 e. The molecular formula is C14H14N2O5. The van der Waals surface area contributed by atoms with Crippen LogP contribution >= 0.6 is 0 Å². The highest BCUT2D eigenvalue weighted by molar-refractivity contribution is 5.94. The van der Waals surface area contributed by atoms with Gasteiger partial charge in [-0.3, -0.25) is 4.79 Å². The molecule has 0 aliphatic heterocycles. The lowest BCUT2D eigenvalue weighted by Gasteiger charge is -2.15. The Morgan fingerprint density at radius 1 is 1.33 bits per heavy atom. The summed E-state index contributed by atoms with van der Waals surface area (Å²) in [6, 6.07) is 5.82. The van der Waals surface area contributed by atoms with Crippen LogP contribution in [0, 0.1) is 0 Å². The fourth-order valence-corrected chi connectivity index (χ4v) is 1.93. The van der Waals surface area contributed by atoms with Gasteiger partial charge in [0.2, 0.25) is 0 Å². The maximum Gasteiger partial charge on any atom is 0.326 e. The fourth-order valence-electron chi connectivity index (χ4n) is 1.93. The number of fused-ring (bicyclic) bond motifs is 1. The SMILES string of the molecule is COc1ccc2ccnc(NC(CC(=O)O)C(=O)O)c2c1. The van der Waals surface area contributed by atoms with Gasteiger partial charge in [0.15, 0.2) is 0 Å². The number of rotatable bonds is 6. The third-order valence-electron chi connectivity index (χ3n) is 2.96. The highest BCUT2D eigenvalue weighted by Crippen LogP contribution is 2.26. The van der Waals surface area contributed by atoms with Gasteiger partial charge in [0, 0.05) is 11.6 Å². The number of hydrogen-bond donors (Lipinski definition) is 3. The average molecular weight is 290 g/mol. The molecule has 0 saturated heterocycles. The van der Waals surface area contributed by atoms with E-state index in [0.29, 0.717) is 17.0 Å². The van der Waals surface area contributed by atoms with Crippen molar-refractivity contribution in [2.45, 2.75) is 12.5 Å². The molecule has 7 nitrogen and oxygen atoms in total. The Hall–Kier alpha value is -2.83. The van der Waals surface area contributed by atoms with Crippen molar-refractivity contribution in [2.75, 3.05) is 12.4 Å². The number of nitrogens with zero attached hydrogens (tertiary/aromatic N) is 1. The first-order valence-corrected chi connectivity index (χ1v) is 6.15. The molecule has 1 unspecified atom stereocenters. The van der Waals surface area contributed by atoms with E-state index >= 15 is 0 Å². The number of methoxy groups -OCH3 is 1. The zero-order valence-electron chi connectivity index (χ0n) is 11.2. The van der Waals surface area contributed by atoms with Gasteiger partial charge in [-0.15, -0.1) is 0 Å². The Balaban J connectivity index is 2.40. The molecule has 1 aromatic heterocycles. The van der Waals surface area contributed by atoms with Gasteiger partial charge < -0.3 is 20.3 Å². The highest BCUT2D eigenvalue weighted by atomic mass is 16.5. The van der Waals surface area contributed by atoms with Gasteiger partial charge in [0.05, 0.1) is 13.5 Å². The van der Waals surface area contributed by atoms with Gasteiger partial charge in [-0.05, 0) is 23.6 Å². The smallest absolute Gasteiger partial charge is 0.326 e. The summed E-state index contributed by atoms with van der Waals surface area (Å²) in [6.45, 7) is 0. The third kappa shape index (κ3) is 3.38. The van der Waals surface area contributed by atoms with Gasteiger partial charge in [-0.25, -0.2) is 9.78 Å². The molecule has 0 bridgehead atoms. The number of anilines is 1. The standard InChI is InChI=1S/C14H14N2O5/c1-21-9-3-2-8-4-5-15-13(10(8)6-9)16-11(14(19)20)7-12(17)18/h2-6,11H,7H2,1H3,(H,15,16)(H,17,18)(H,19,20). The van der Waals surface area contributed by atoms with E-state index in [1.165, 1.54) is 13.3 Å². The molecule has 1 atom stereocenters. The van der Waals surface area contributed by atoms with E-state index in [0.717, 1.165) is 5.39 Å². The topological polar surface area (TPSA) is 109 Å². The summed E-state index contributed by atoms with van der Waals surface area (Å²) in [6.07, 6.45) is 0.980. The third-order valence-corrected chi connectivity index (χ3v) is 2.96. The average Bonchev–Trinajstić information content (AvgIpc) is 2.45. The lowest BCUT2D eigenvalue weighted by Crippen LogP contribution is -2.32. The summed E-state index contributed by atoms with van der Waals surface area (Å²) in [7, 11) is 1.52. The van der Waals surface area contributed by atoms with Crippen LogP contribution in [-0.2, 0) is 9.59 Å². The van der Waals surface area contributed by atoms with Crippen LogP contribution < -0.4 is 10.1 Å². The van der Waals surface area contributed by atoms with Crippen LogP contribution in [0.3, 0.4) is 0 Å². The first-order chi connectivity index (χ1) is 10.0. The first kappa shape index (κ1) is 14.6. The molecule has 2 rings (SSSR count). The molecule has 0 radical (unpaired) electrons. The molecule has 3 N–H and O–H groups in total. The molecule has 0 spiro atoms. The minimum absolute atomic E-state index is 0.306. The van der Waals surface area contributed by atoms with Crippen molar-refractivity contribution >= 4 is 28.5 Å². The maximum absolute atomic E-state index is 11.1. The van der Waals surface area contributed by atoms with Crippen molar-refractivity contribution in [1.29, 1.82) is 0 Å². The van der Waals surface area contributed by atoms with E-state index in [2.05, 4.69) is 10.3 Å². The molecule has 0 amide bonds. The van der Waals surface area contributed by atoms with Gasteiger partial charge in [0.1, 0.15) is 17.6 Å². The number of benzene rings is 1. The lowest BCUT2D eigenvalue weighted by molar-refractivity contribution is -0.144. The van der Waals surface area contributed by atoms with E-state index in [9.17, 15) is 9.59 Å². The normalized spacial score (nSPS) is 11.9. The molecule has 0 fully saturated rings. The summed E-state index contributed by atoms with van der Waals surface area (Å²) >= 11 is 0. The fraction of sp³-hybridized carbons (Fsp3) is 0.214. The maximum atomic E-state index is 11.1. The predicted octanol–water partition coefficient (Wildman–Crippen LogP) is 1.58. The van der Waals surface area contributed by atoms with Crippen molar-refractivity contribution < 1.29 is 24.5 Å². The minimum atomic E-state index is -1.26. The van der Waals surface area contributed by atoms with Gasteiger partial charge in [0.25, 0.3) is 0 Å². The second kappa shape index (κ2) is 6.08. The molecular weight excluding hydrogens is 276 g/mol. The van der Waals surface area contributed by atoms with Gasteiger partial charge >= 0.3 is 11.9 Å². The minimum Gasteiger partial charge on any atom is -0.497 e. The second-order valence-electron chi connectivity index (χ2n) is 4.38. The molecule has 2 aromatic rings. The number of pyridine rings is 1. The summed E-state index contributed by atoms with van der Waals surface area (Å²) in [4.78, 5) is 25.9. The molecule has 21 heavy (non-hydrogen) atoms. The molecule has 1 heterocycles. The van der Waals surface area contributed by atoms with Crippen molar-refractivity contribution in [3.63, 3.8) is 0 Å². The van der Waals surface area contributed by atoms with Gasteiger partial charge in [-0.2, -0.15) is 0 Å². The molecule has 0 aliphatic carbocycles. The number of carbonyl (C=O) groups is 2. The Bertz CT molecular complexity index is 686. The Morgan fingerprint density at radius 2 is 2.10 bits per heavy atom. The van der Waals surface area contributed by atoms with Crippen LogP contribution in [0.25, 0.3) is 10.8 Å².